The van der Waals surface area contributed by atoms with Crippen LogP contribution in [0.5, 0.6) is 0 Å². The predicted molar refractivity (Wildman–Crippen MR) is 83.7 cm³/mol. The van der Waals surface area contributed by atoms with Crippen molar-refractivity contribution in [3.05, 3.63) is 54.5 Å². The summed E-state index contributed by atoms with van der Waals surface area (Å²) in [6.45, 7) is 2.06. The molecule has 2 N–H and O–H groups in total. The largest absolute Gasteiger partial charge is 0.340 e. The first-order valence-electron chi connectivity index (χ1n) is 6.71. The van der Waals surface area contributed by atoms with Gasteiger partial charge >= 0.3 is 0 Å². The van der Waals surface area contributed by atoms with Gasteiger partial charge in [-0.3, -0.25) is 5.10 Å². The zero-order valence-corrected chi connectivity index (χ0v) is 11.5. The Morgan fingerprint density at radius 2 is 2.00 bits per heavy atom. The van der Waals surface area contributed by atoms with Crippen molar-refractivity contribution in [3.8, 4) is 0 Å². The molecule has 0 amide bonds. The van der Waals surface area contributed by atoms with E-state index in [4.69, 9.17) is 0 Å². The molecule has 5 nitrogen and oxygen atoms in total. The van der Waals surface area contributed by atoms with Crippen LogP contribution in [0.4, 0.5) is 11.5 Å². The Kier molecular flexibility index (Phi) is 2.57. The van der Waals surface area contributed by atoms with Gasteiger partial charge in [-0.2, -0.15) is 5.10 Å². The average Bonchev–Trinajstić information content (AvgIpc) is 2.95. The minimum atomic E-state index is 0.812. The third-order valence-electron chi connectivity index (χ3n) is 3.49. The maximum Gasteiger partial charge on any atom is 0.141 e. The molecule has 2 heterocycles. The molecular weight excluding hydrogens is 262 g/mol. The monoisotopic (exact) mass is 275 g/mol. The Labute approximate surface area is 121 Å². The number of aromatic amines is 1. The van der Waals surface area contributed by atoms with Crippen molar-refractivity contribution >= 4 is 33.3 Å². The Balaban J connectivity index is 1.81. The number of H-pyrrole nitrogens is 1. The van der Waals surface area contributed by atoms with E-state index >= 15 is 0 Å². The average molecular weight is 275 g/mol. The van der Waals surface area contributed by atoms with Crippen molar-refractivity contribution in [2.24, 2.45) is 0 Å². The molecule has 0 unspecified atom stereocenters. The smallest absolute Gasteiger partial charge is 0.141 e. The highest BCUT2D eigenvalue weighted by Gasteiger charge is 2.05. The fraction of sp³-hybridized carbons (Fsp3) is 0.0625. The van der Waals surface area contributed by atoms with E-state index in [9.17, 15) is 0 Å². The second-order valence-corrected chi connectivity index (χ2v) is 5.04. The van der Waals surface area contributed by atoms with E-state index in [1.807, 2.05) is 30.5 Å². The first kappa shape index (κ1) is 11.8. The summed E-state index contributed by atoms with van der Waals surface area (Å²) in [7, 11) is 0. The third kappa shape index (κ3) is 2.08. The van der Waals surface area contributed by atoms with Crippen LogP contribution in [0, 0.1) is 6.92 Å². The van der Waals surface area contributed by atoms with Gasteiger partial charge < -0.3 is 5.32 Å². The van der Waals surface area contributed by atoms with Crippen molar-refractivity contribution in [3.63, 3.8) is 0 Å². The van der Waals surface area contributed by atoms with Gasteiger partial charge in [0.05, 0.1) is 17.2 Å². The molecule has 0 radical (unpaired) electrons. The number of nitrogens with one attached hydrogen (secondary N) is 2. The molecule has 0 saturated carbocycles. The molecule has 0 bridgehead atoms. The molecule has 0 aliphatic rings. The van der Waals surface area contributed by atoms with Crippen molar-refractivity contribution in [1.82, 2.24) is 20.2 Å². The van der Waals surface area contributed by atoms with E-state index in [1.54, 1.807) is 6.33 Å². The van der Waals surface area contributed by atoms with Crippen LogP contribution in [0.25, 0.3) is 21.8 Å². The molecule has 0 saturated heterocycles. The highest BCUT2D eigenvalue weighted by Crippen LogP contribution is 2.25. The number of hydrogen-bond acceptors (Lipinski definition) is 4. The van der Waals surface area contributed by atoms with Gasteiger partial charge in [0.1, 0.15) is 12.1 Å². The first-order chi connectivity index (χ1) is 10.3. The SMILES string of the molecule is Cc1ccc2ncnc(Nc3ccc4[nH]ncc4c3)c2c1. The van der Waals surface area contributed by atoms with Crippen LogP contribution in [0.15, 0.2) is 48.9 Å². The lowest BCUT2D eigenvalue weighted by molar-refractivity contribution is 1.12. The summed E-state index contributed by atoms with van der Waals surface area (Å²) in [4.78, 5) is 8.67. The Hall–Kier alpha value is -2.95. The van der Waals surface area contributed by atoms with E-state index in [-0.39, 0.29) is 0 Å². The van der Waals surface area contributed by atoms with Crippen LogP contribution in [0.1, 0.15) is 5.56 Å². The van der Waals surface area contributed by atoms with E-state index in [0.717, 1.165) is 33.3 Å². The standard InChI is InChI=1S/C16H13N5/c1-10-2-4-15-13(6-10)16(18-9-17-15)20-12-3-5-14-11(7-12)8-19-21-14/h2-9H,1H3,(H,19,21)(H,17,18,20). The van der Waals surface area contributed by atoms with Crippen LogP contribution in [0.3, 0.4) is 0 Å². The van der Waals surface area contributed by atoms with Gasteiger partial charge in [-0.25, -0.2) is 9.97 Å². The molecule has 0 aliphatic carbocycles. The van der Waals surface area contributed by atoms with Crippen molar-refractivity contribution in [2.45, 2.75) is 6.92 Å². The lowest BCUT2D eigenvalue weighted by Gasteiger charge is -2.09. The fourth-order valence-electron chi connectivity index (χ4n) is 2.43. The van der Waals surface area contributed by atoms with Crippen LogP contribution >= 0.6 is 0 Å². The van der Waals surface area contributed by atoms with Crippen LogP contribution < -0.4 is 5.32 Å². The van der Waals surface area contributed by atoms with E-state index in [2.05, 4.69) is 44.5 Å². The Bertz CT molecular complexity index is 942. The maximum atomic E-state index is 4.37. The summed E-state index contributed by atoms with van der Waals surface area (Å²) in [6, 6.07) is 12.2. The molecule has 0 spiro atoms. The first-order valence-corrected chi connectivity index (χ1v) is 6.71. The summed E-state index contributed by atoms with van der Waals surface area (Å²) in [5.74, 6) is 0.812. The lowest BCUT2D eigenvalue weighted by atomic mass is 10.1. The van der Waals surface area contributed by atoms with Gasteiger partial charge in [-0.1, -0.05) is 11.6 Å². The molecule has 21 heavy (non-hydrogen) atoms. The topological polar surface area (TPSA) is 66.5 Å². The summed E-state index contributed by atoms with van der Waals surface area (Å²) >= 11 is 0. The second-order valence-electron chi connectivity index (χ2n) is 5.04. The third-order valence-corrected chi connectivity index (χ3v) is 3.49. The van der Waals surface area contributed by atoms with E-state index < -0.39 is 0 Å². The second kappa shape index (κ2) is 4.56. The van der Waals surface area contributed by atoms with Crippen LogP contribution in [-0.2, 0) is 0 Å². The Morgan fingerprint density at radius 1 is 1.05 bits per heavy atom. The molecule has 0 atom stereocenters. The highest BCUT2D eigenvalue weighted by molar-refractivity contribution is 5.92. The molecule has 2 aromatic heterocycles. The minimum Gasteiger partial charge on any atom is -0.340 e. The van der Waals surface area contributed by atoms with Gasteiger partial charge in [-0.15, -0.1) is 0 Å². The summed E-state index contributed by atoms with van der Waals surface area (Å²) in [5, 5.41) is 12.4. The normalized spacial score (nSPS) is 11.1. The van der Waals surface area contributed by atoms with Crippen molar-refractivity contribution < 1.29 is 0 Å². The van der Waals surface area contributed by atoms with Crippen LogP contribution in [0.2, 0.25) is 0 Å². The number of anilines is 2. The zero-order chi connectivity index (χ0) is 14.2. The Morgan fingerprint density at radius 3 is 2.95 bits per heavy atom. The van der Waals surface area contributed by atoms with Crippen molar-refractivity contribution in [1.29, 1.82) is 0 Å². The number of benzene rings is 2. The van der Waals surface area contributed by atoms with E-state index in [1.165, 1.54) is 5.56 Å². The van der Waals surface area contributed by atoms with Gasteiger partial charge in [0.25, 0.3) is 0 Å². The molecule has 4 aromatic rings. The summed E-state index contributed by atoms with van der Waals surface area (Å²) in [6.07, 6.45) is 3.39. The number of rotatable bonds is 2. The molecule has 0 aliphatic heterocycles. The quantitative estimate of drug-likeness (QED) is 0.587. The highest BCUT2D eigenvalue weighted by atomic mass is 15.1. The molecule has 102 valence electrons. The predicted octanol–water partition coefficient (Wildman–Crippen LogP) is 3.56. The van der Waals surface area contributed by atoms with Gasteiger partial charge in [0.2, 0.25) is 0 Å². The minimum absolute atomic E-state index is 0.812. The maximum absolute atomic E-state index is 4.37. The van der Waals surface area contributed by atoms with Gasteiger partial charge in [0.15, 0.2) is 0 Å². The number of hydrogen-bond donors (Lipinski definition) is 2. The van der Waals surface area contributed by atoms with Gasteiger partial charge in [-0.05, 0) is 37.3 Å². The molecule has 0 fully saturated rings. The molecule has 5 heteroatoms. The fourth-order valence-corrected chi connectivity index (χ4v) is 2.43. The molecular formula is C16H13N5. The van der Waals surface area contributed by atoms with Gasteiger partial charge in [0, 0.05) is 16.5 Å². The number of aryl methyl sites for hydroxylation is 1. The van der Waals surface area contributed by atoms with Crippen LogP contribution in [-0.4, -0.2) is 20.2 Å². The van der Waals surface area contributed by atoms with E-state index in [0.29, 0.717) is 0 Å². The summed E-state index contributed by atoms with van der Waals surface area (Å²) in [5.41, 5.74) is 4.11. The number of aromatic nitrogens is 4. The van der Waals surface area contributed by atoms with Crippen molar-refractivity contribution in [2.75, 3.05) is 5.32 Å². The lowest BCUT2D eigenvalue weighted by Crippen LogP contribution is -1.96. The number of fused-ring (bicyclic) bond motifs is 2. The summed E-state index contributed by atoms with van der Waals surface area (Å²) < 4.78 is 0. The number of nitrogens with zero attached hydrogens (tertiary/aromatic N) is 3. The molecule has 4 rings (SSSR count). The zero-order valence-electron chi connectivity index (χ0n) is 11.5. The molecule has 2 aromatic carbocycles.